The number of aliphatic hydroxyl groups is 1. The number of carbonyl (C=O) groups excluding carboxylic acids is 1. The van der Waals surface area contributed by atoms with Gasteiger partial charge in [0.15, 0.2) is 0 Å². The van der Waals surface area contributed by atoms with Crippen molar-refractivity contribution in [2.45, 2.75) is 26.4 Å². The van der Waals surface area contributed by atoms with Gasteiger partial charge in [0.2, 0.25) is 0 Å². The Morgan fingerprint density at radius 2 is 1.81 bits per heavy atom. The molecule has 0 aliphatic carbocycles. The van der Waals surface area contributed by atoms with Crippen LogP contribution in [-0.4, -0.2) is 11.1 Å². The molecule has 0 heterocycles. The van der Waals surface area contributed by atoms with E-state index < -0.39 is 11.6 Å². The minimum absolute atomic E-state index is 0.353. The summed E-state index contributed by atoms with van der Waals surface area (Å²) in [7, 11) is 0. The van der Waals surface area contributed by atoms with Crippen LogP contribution in [0.15, 0.2) is 36.4 Å². The second-order valence-electron chi connectivity index (χ2n) is 4.25. The van der Waals surface area contributed by atoms with E-state index in [2.05, 4.69) is 6.58 Å². The molecule has 0 amide bonds. The first-order valence-electron chi connectivity index (χ1n) is 5.01. The van der Waals surface area contributed by atoms with Crippen LogP contribution in [0.4, 0.5) is 0 Å². The molecule has 86 valence electrons. The van der Waals surface area contributed by atoms with E-state index in [1.165, 1.54) is 0 Å². The average Bonchev–Trinajstić information content (AvgIpc) is 2.17. The summed E-state index contributed by atoms with van der Waals surface area (Å²) in [6, 6.07) is 6.74. The van der Waals surface area contributed by atoms with Crippen LogP contribution in [0.1, 0.15) is 26.3 Å². The molecule has 3 nitrogen and oxygen atoms in total. The molecule has 0 aliphatic heterocycles. The number of esters is 1. The van der Waals surface area contributed by atoms with Gasteiger partial charge in [0, 0.05) is 5.57 Å². The molecule has 0 saturated heterocycles. The highest BCUT2D eigenvalue weighted by Crippen LogP contribution is 2.22. The van der Waals surface area contributed by atoms with Gasteiger partial charge in [-0.25, -0.2) is 4.79 Å². The summed E-state index contributed by atoms with van der Waals surface area (Å²) in [5, 5.41) is 9.73. The summed E-state index contributed by atoms with van der Waals surface area (Å²) in [5.74, 6) is -0.00277. The lowest BCUT2D eigenvalue weighted by atomic mass is 9.99. The zero-order chi connectivity index (χ0) is 12.3. The topological polar surface area (TPSA) is 46.5 Å². The highest BCUT2D eigenvalue weighted by molar-refractivity contribution is 5.88. The average molecular weight is 220 g/mol. The molecule has 16 heavy (non-hydrogen) atoms. The summed E-state index contributed by atoms with van der Waals surface area (Å²) >= 11 is 0. The van der Waals surface area contributed by atoms with Crippen LogP contribution in [-0.2, 0) is 10.4 Å². The van der Waals surface area contributed by atoms with Gasteiger partial charge in [-0.1, -0.05) is 18.7 Å². The minimum Gasteiger partial charge on any atom is -0.423 e. The SMILES string of the molecule is C=C(C)C(=O)Oc1ccc(C(C)(C)O)cc1. The Kier molecular flexibility index (Phi) is 3.50. The first kappa shape index (κ1) is 12.5. The van der Waals surface area contributed by atoms with Crippen LogP contribution in [0.25, 0.3) is 0 Å². The normalized spacial score (nSPS) is 11.0. The molecule has 0 fully saturated rings. The maximum atomic E-state index is 11.2. The van der Waals surface area contributed by atoms with Crippen LogP contribution in [0, 0.1) is 0 Å². The molecule has 0 aromatic heterocycles. The van der Waals surface area contributed by atoms with Gasteiger partial charge in [0.25, 0.3) is 0 Å². The maximum absolute atomic E-state index is 11.2. The zero-order valence-electron chi connectivity index (χ0n) is 9.78. The monoisotopic (exact) mass is 220 g/mol. The Labute approximate surface area is 95.4 Å². The number of hydrogen-bond acceptors (Lipinski definition) is 3. The number of rotatable bonds is 3. The maximum Gasteiger partial charge on any atom is 0.338 e. The van der Waals surface area contributed by atoms with Crippen LogP contribution in [0.3, 0.4) is 0 Å². The Morgan fingerprint density at radius 1 is 1.31 bits per heavy atom. The second kappa shape index (κ2) is 4.49. The van der Waals surface area contributed by atoms with Crippen molar-refractivity contribution < 1.29 is 14.6 Å². The number of ether oxygens (including phenoxy) is 1. The quantitative estimate of drug-likeness (QED) is 0.483. The molecule has 1 aromatic carbocycles. The summed E-state index contributed by atoms with van der Waals surface area (Å²) in [6.45, 7) is 8.48. The molecule has 0 bridgehead atoms. The fraction of sp³-hybridized carbons (Fsp3) is 0.308. The molecule has 1 aromatic rings. The van der Waals surface area contributed by atoms with Gasteiger partial charge >= 0.3 is 5.97 Å². The third-order valence-electron chi connectivity index (χ3n) is 2.12. The van der Waals surface area contributed by atoms with E-state index >= 15 is 0 Å². The molecule has 0 radical (unpaired) electrons. The van der Waals surface area contributed by atoms with E-state index in [1.54, 1.807) is 45.0 Å². The third kappa shape index (κ3) is 3.21. The lowest BCUT2D eigenvalue weighted by Gasteiger charge is -2.17. The van der Waals surface area contributed by atoms with Gasteiger partial charge in [-0.3, -0.25) is 0 Å². The van der Waals surface area contributed by atoms with Crippen molar-refractivity contribution in [3.8, 4) is 5.75 Å². The van der Waals surface area contributed by atoms with E-state index in [1.807, 2.05) is 0 Å². The van der Waals surface area contributed by atoms with E-state index in [-0.39, 0.29) is 0 Å². The summed E-state index contributed by atoms with van der Waals surface area (Å²) in [4.78, 5) is 11.2. The number of carbonyl (C=O) groups is 1. The van der Waals surface area contributed by atoms with Crippen molar-refractivity contribution in [3.63, 3.8) is 0 Å². The first-order valence-corrected chi connectivity index (χ1v) is 5.01. The summed E-state index contributed by atoms with van der Waals surface area (Å²) in [6.07, 6.45) is 0. The Hall–Kier alpha value is -1.61. The van der Waals surface area contributed by atoms with Gasteiger partial charge < -0.3 is 9.84 Å². The predicted octanol–water partition coefficient (Wildman–Crippen LogP) is 2.40. The van der Waals surface area contributed by atoms with E-state index in [4.69, 9.17) is 4.74 Å². The van der Waals surface area contributed by atoms with Gasteiger partial charge in [0.1, 0.15) is 5.75 Å². The van der Waals surface area contributed by atoms with Crippen LogP contribution < -0.4 is 4.74 Å². The molecule has 0 aliphatic rings. The fourth-order valence-corrected chi connectivity index (χ4v) is 1.12. The molecule has 0 unspecified atom stereocenters. The van der Waals surface area contributed by atoms with Gasteiger partial charge in [-0.2, -0.15) is 0 Å². The Bertz CT molecular complexity index is 396. The molecule has 1 N–H and O–H groups in total. The predicted molar refractivity (Wildman–Crippen MR) is 62.1 cm³/mol. The second-order valence-corrected chi connectivity index (χ2v) is 4.25. The molecular formula is C13H16O3. The van der Waals surface area contributed by atoms with Gasteiger partial charge in [-0.15, -0.1) is 0 Å². The molecule has 0 saturated carbocycles. The third-order valence-corrected chi connectivity index (χ3v) is 2.12. The highest BCUT2D eigenvalue weighted by atomic mass is 16.5. The summed E-state index contributed by atoms with van der Waals surface area (Å²) < 4.78 is 5.02. The molecule has 0 atom stereocenters. The molecule has 1 rings (SSSR count). The van der Waals surface area contributed by atoms with E-state index in [0.717, 1.165) is 5.56 Å². The van der Waals surface area contributed by atoms with Crippen molar-refractivity contribution in [1.82, 2.24) is 0 Å². The van der Waals surface area contributed by atoms with Crippen LogP contribution in [0.2, 0.25) is 0 Å². The highest BCUT2D eigenvalue weighted by Gasteiger charge is 2.15. The zero-order valence-corrected chi connectivity index (χ0v) is 9.78. The van der Waals surface area contributed by atoms with Crippen molar-refractivity contribution in [2.24, 2.45) is 0 Å². The van der Waals surface area contributed by atoms with Crippen molar-refractivity contribution in [1.29, 1.82) is 0 Å². The molecule has 3 heteroatoms. The van der Waals surface area contributed by atoms with E-state index in [0.29, 0.717) is 11.3 Å². The molecular weight excluding hydrogens is 204 g/mol. The fourth-order valence-electron chi connectivity index (χ4n) is 1.12. The standard InChI is InChI=1S/C13H16O3/c1-9(2)12(14)16-11-7-5-10(6-8-11)13(3,4)15/h5-8,15H,1H2,2-4H3. The van der Waals surface area contributed by atoms with Crippen LogP contribution in [0.5, 0.6) is 5.75 Å². The smallest absolute Gasteiger partial charge is 0.338 e. The van der Waals surface area contributed by atoms with Crippen LogP contribution >= 0.6 is 0 Å². The Morgan fingerprint density at radius 3 is 2.19 bits per heavy atom. The lowest BCUT2D eigenvalue weighted by molar-refractivity contribution is -0.130. The molecule has 0 spiro atoms. The number of benzene rings is 1. The van der Waals surface area contributed by atoms with Gasteiger partial charge in [-0.05, 0) is 38.5 Å². The van der Waals surface area contributed by atoms with Crippen molar-refractivity contribution in [3.05, 3.63) is 42.0 Å². The lowest BCUT2D eigenvalue weighted by Crippen LogP contribution is -2.15. The number of hydrogen-bond donors (Lipinski definition) is 1. The van der Waals surface area contributed by atoms with Crippen molar-refractivity contribution in [2.75, 3.05) is 0 Å². The van der Waals surface area contributed by atoms with Crippen molar-refractivity contribution >= 4 is 5.97 Å². The minimum atomic E-state index is -0.892. The van der Waals surface area contributed by atoms with E-state index in [9.17, 15) is 9.90 Å². The van der Waals surface area contributed by atoms with Gasteiger partial charge in [0.05, 0.1) is 5.60 Å². The first-order chi connectivity index (χ1) is 7.30. The Balaban J connectivity index is 2.80. The largest absolute Gasteiger partial charge is 0.423 e. The summed E-state index contributed by atoms with van der Waals surface area (Å²) in [5.41, 5.74) is 0.228.